The Morgan fingerprint density at radius 3 is 2.94 bits per heavy atom. The van der Waals surface area contributed by atoms with Crippen molar-refractivity contribution in [1.82, 2.24) is 25.0 Å². The third-order valence-electron chi connectivity index (χ3n) is 5.41. The fourth-order valence-electron chi connectivity index (χ4n) is 3.63. The maximum atomic E-state index is 12.4. The molecule has 0 unspecified atom stereocenters. The molecule has 5 rings (SSSR count). The molecule has 2 atom stereocenters. The number of aromatic nitrogens is 5. The molecule has 0 amide bonds. The molecule has 1 fully saturated rings. The molecule has 4 aromatic rings. The van der Waals surface area contributed by atoms with E-state index in [0.717, 1.165) is 33.0 Å². The molecule has 1 aromatic carbocycles. The van der Waals surface area contributed by atoms with Crippen molar-refractivity contribution in [2.24, 2.45) is 13.0 Å². The van der Waals surface area contributed by atoms with Gasteiger partial charge in [-0.05, 0) is 25.5 Å². The molecule has 1 aliphatic rings. The molecular formula is C22H22N6O2S. The van der Waals surface area contributed by atoms with Gasteiger partial charge in [0.1, 0.15) is 15.7 Å². The lowest BCUT2D eigenvalue weighted by Crippen LogP contribution is -2.24. The number of nitrogens with one attached hydrogen (secondary N) is 1. The van der Waals surface area contributed by atoms with Crippen LogP contribution in [0.4, 0.5) is 5.69 Å². The molecule has 158 valence electrons. The number of nitrogens with zero attached hydrogens (tertiary/aromatic N) is 5. The third-order valence-corrected chi connectivity index (χ3v) is 6.25. The van der Waals surface area contributed by atoms with Crippen molar-refractivity contribution in [3.05, 3.63) is 68.5 Å². The van der Waals surface area contributed by atoms with Gasteiger partial charge in [-0.1, -0.05) is 35.6 Å². The first-order valence-corrected chi connectivity index (χ1v) is 11.0. The highest BCUT2D eigenvalue weighted by atomic mass is 32.1. The van der Waals surface area contributed by atoms with Crippen molar-refractivity contribution < 1.29 is 4.74 Å². The Morgan fingerprint density at radius 2 is 2.10 bits per heavy atom. The van der Waals surface area contributed by atoms with Crippen LogP contribution >= 0.6 is 11.3 Å². The number of fused-ring (bicyclic) bond motifs is 1. The third kappa shape index (κ3) is 4.27. The molecule has 3 aromatic heterocycles. The van der Waals surface area contributed by atoms with E-state index in [1.165, 1.54) is 16.0 Å². The Bertz CT molecular complexity index is 1300. The summed E-state index contributed by atoms with van der Waals surface area (Å²) in [4.78, 5) is 17.2. The van der Waals surface area contributed by atoms with Gasteiger partial charge >= 0.3 is 0 Å². The zero-order valence-electron chi connectivity index (χ0n) is 17.3. The van der Waals surface area contributed by atoms with Crippen LogP contribution in [0.15, 0.2) is 47.3 Å². The van der Waals surface area contributed by atoms with E-state index < -0.39 is 0 Å². The normalized spacial score (nSPS) is 17.6. The average molecular weight is 435 g/mol. The van der Waals surface area contributed by atoms with Crippen molar-refractivity contribution in [3.63, 3.8) is 0 Å². The summed E-state index contributed by atoms with van der Waals surface area (Å²) in [5, 5.41) is 18.3. The van der Waals surface area contributed by atoms with Crippen LogP contribution in [0.2, 0.25) is 0 Å². The van der Waals surface area contributed by atoms with Crippen LogP contribution in [0.25, 0.3) is 10.9 Å². The number of pyridine rings is 1. The smallest absolute Gasteiger partial charge is 0.290 e. The van der Waals surface area contributed by atoms with Crippen molar-refractivity contribution in [3.8, 4) is 5.88 Å². The highest BCUT2D eigenvalue weighted by Gasteiger charge is 2.40. The molecule has 8 nitrogen and oxygen atoms in total. The Kier molecular flexibility index (Phi) is 5.11. The molecule has 9 heteroatoms. The number of anilines is 1. The van der Waals surface area contributed by atoms with Gasteiger partial charge in [0.25, 0.3) is 5.56 Å². The van der Waals surface area contributed by atoms with Crippen LogP contribution < -0.4 is 15.6 Å². The number of para-hydroxylation sites is 1. The van der Waals surface area contributed by atoms with Crippen LogP contribution in [0.3, 0.4) is 0 Å². The summed E-state index contributed by atoms with van der Waals surface area (Å²) >= 11 is 1.50. The van der Waals surface area contributed by atoms with E-state index in [-0.39, 0.29) is 5.56 Å². The van der Waals surface area contributed by atoms with Crippen LogP contribution in [0, 0.1) is 12.8 Å². The molecule has 0 saturated heterocycles. The summed E-state index contributed by atoms with van der Waals surface area (Å²) in [6, 6.07) is 14.0. The molecule has 0 bridgehead atoms. The molecule has 0 aliphatic heterocycles. The van der Waals surface area contributed by atoms with Gasteiger partial charge in [0.05, 0.1) is 18.7 Å². The second-order valence-electron chi connectivity index (χ2n) is 7.74. The predicted octanol–water partition coefficient (Wildman–Crippen LogP) is 3.28. The Balaban J connectivity index is 1.23. The number of ether oxygens (including phenoxy) is 1. The first-order chi connectivity index (χ1) is 15.1. The van der Waals surface area contributed by atoms with Gasteiger partial charge in [-0.3, -0.25) is 9.78 Å². The highest BCUT2D eigenvalue weighted by molar-refractivity contribution is 7.11. The lowest BCUT2D eigenvalue weighted by Gasteiger charge is -2.10. The van der Waals surface area contributed by atoms with E-state index in [0.29, 0.717) is 36.6 Å². The lowest BCUT2D eigenvalue weighted by molar-refractivity contribution is 0.278. The molecule has 0 radical (unpaired) electrons. The van der Waals surface area contributed by atoms with Crippen molar-refractivity contribution in [2.45, 2.75) is 25.8 Å². The minimum Gasteiger partial charge on any atom is -0.476 e. The second kappa shape index (κ2) is 8.07. The fraction of sp³-hybridized carbons (Fsp3) is 0.318. The van der Waals surface area contributed by atoms with Crippen molar-refractivity contribution in [1.29, 1.82) is 0 Å². The maximum absolute atomic E-state index is 12.4. The number of aryl methyl sites for hydroxylation is 2. The van der Waals surface area contributed by atoms with Crippen molar-refractivity contribution >= 4 is 27.9 Å². The summed E-state index contributed by atoms with van der Waals surface area (Å²) in [5.74, 6) is 1.22. The molecule has 3 heterocycles. The summed E-state index contributed by atoms with van der Waals surface area (Å²) < 4.78 is 7.23. The van der Waals surface area contributed by atoms with E-state index in [1.54, 1.807) is 13.1 Å². The quantitative estimate of drug-likeness (QED) is 0.477. The number of hydrogen-bond donors (Lipinski definition) is 1. The standard InChI is InChI=1S/C22H22N6O2S/c1-13-25-26-21(31-13)11-23-19-10-20(27-28(2)22(19)29)30-12-15-9-16(15)18-8-7-14-5-3-4-6-17(14)24-18/h3-8,10,15-16,23H,9,11-12H2,1-2H3/t15-,16+/m1/s1. The largest absolute Gasteiger partial charge is 0.476 e. The molecule has 1 N–H and O–H groups in total. The maximum Gasteiger partial charge on any atom is 0.290 e. The predicted molar refractivity (Wildman–Crippen MR) is 120 cm³/mol. The van der Waals surface area contributed by atoms with Gasteiger partial charge in [-0.25, -0.2) is 4.68 Å². The van der Waals surface area contributed by atoms with Crippen molar-refractivity contribution in [2.75, 3.05) is 11.9 Å². The van der Waals surface area contributed by atoms with E-state index in [2.05, 4.69) is 38.8 Å². The van der Waals surface area contributed by atoms with E-state index in [1.807, 2.05) is 25.1 Å². The average Bonchev–Trinajstić information content (AvgIpc) is 3.44. The molecule has 1 aliphatic carbocycles. The van der Waals surface area contributed by atoms with Gasteiger partial charge < -0.3 is 10.1 Å². The minimum absolute atomic E-state index is 0.210. The molecular weight excluding hydrogens is 412 g/mol. The highest BCUT2D eigenvalue weighted by Crippen LogP contribution is 2.47. The van der Waals surface area contributed by atoms with Crippen LogP contribution in [-0.4, -0.2) is 31.6 Å². The summed E-state index contributed by atoms with van der Waals surface area (Å²) in [7, 11) is 1.62. The first kappa shape index (κ1) is 19.6. The fourth-order valence-corrected chi connectivity index (χ4v) is 4.28. The van der Waals surface area contributed by atoms with Crippen LogP contribution in [0.5, 0.6) is 5.88 Å². The summed E-state index contributed by atoms with van der Waals surface area (Å²) in [6.45, 7) is 2.87. The van der Waals surface area contributed by atoms with E-state index in [4.69, 9.17) is 9.72 Å². The topological polar surface area (TPSA) is 94.8 Å². The molecule has 31 heavy (non-hydrogen) atoms. The van der Waals surface area contributed by atoms with Gasteiger partial charge in [0.15, 0.2) is 0 Å². The summed E-state index contributed by atoms with van der Waals surface area (Å²) in [6.07, 6.45) is 1.04. The lowest BCUT2D eigenvalue weighted by atomic mass is 10.1. The number of hydrogen-bond acceptors (Lipinski definition) is 8. The molecule has 0 spiro atoms. The van der Waals surface area contributed by atoms with Gasteiger partial charge in [-0.15, -0.1) is 15.3 Å². The van der Waals surface area contributed by atoms with Gasteiger partial charge in [0, 0.05) is 36.0 Å². The monoisotopic (exact) mass is 434 g/mol. The SMILES string of the molecule is Cc1nnc(CNc2cc(OC[C@H]3C[C@@H]3c3ccc4ccccc4n3)nn(C)c2=O)s1. The number of rotatable bonds is 7. The summed E-state index contributed by atoms with van der Waals surface area (Å²) in [5.41, 5.74) is 2.35. The Hall–Kier alpha value is -3.33. The zero-order valence-corrected chi connectivity index (χ0v) is 18.1. The number of benzene rings is 1. The van der Waals surface area contributed by atoms with Crippen LogP contribution in [-0.2, 0) is 13.6 Å². The van der Waals surface area contributed by atoms with Crippen LogP contribution in [0.1, 0.15) is 28.0 Å². The Morgan fingerprint density at radius 1 is 1.23 bits per heavy atom. The Labute approximate surface area is 182 Å². The van der Waals surface area contributed by atoms with E-state index >= 15 is 0 Å². The first-order valence-electron chi connectivity index (χ1n) is 10.2. The van der Waals surface area contributed by atoms with Gasteiger partial charge in [-0.2, -0.15) is 0 Å². The second-order valence-corrected chi connectivity index (χ2v) is 9.00. The van der Waals surface area contributed by atoms with Gasteiger partial charge in [0.2, 0.25) is 5.88 Å². The zero-order chi connectivity index (χ0) is 21.4. The van der Waals surface area contributed by atoms with E-state index in [9.17, 15) is 4.79 Å². The molecule has 1 saturated carbocycles. The minimum atomic E-state index is -0.210.